The van der Waals surface area contributed by atoms with E-state index in [0.29, 0.717) is 26.1 Å². The van der Waals surface area contributed by atoms with Gasteiger partial charge in [-0.3, -0.25) is 4.90 Å². The minimum absolute atomic E-state index is 0.0266. The summed E-state index contributed by atoms with van der Waals surface area (Å²) in [6.45, 7) is 3.64. The van der Waals surface area contributed by atoms with Crippen LogP contribution in [0.1, 0.15) is 22.7 Å². The highest BCUT2D eigenvalue weighted by atomic mass is 32.1. The molecule has 0 saturated carbocycles. The fourth-order valence-electron chi connectivity index (χ4n) is 3.22. The fourth-order valence-corrected chi connectivity index (χ4v) is 3.82. The number of ether oxygens (including phenoxy) is 1. The topological polar surface area (TPSA) is 45.7 Å². The van der Waals surface area contributed by atoms with E-state index in [1.165, 1.54) is 4.90 Å². The number of alkyl halides is 1. The average molecular weight is 377 g/mol. The third kappa shape index (κ3) is 5.02. The van der Waals surface area contributed by atoms with Crippen LogP contribution in [-0.2, 0) is 17.9 Å². The monoisotopic (exact) mass is 377 g/mol. The Kier molecular flexibility index (Phi) is 6.21. The number of likely N-dealkylation sites (N-methyl/N-ethyl adjacent to an activating group) is 1. The van der Waals surface area contributed by atoms with Crippen molar-refractivity contribution in [3.05, 3.63) is 52.0 Å². The first-order valence-electron chi connectivity index (χ1n) is 8.72. The van der Waals surface area contributed by atoms with E-state index >= 15 is 0 Å². The van der Waals surface area contributed by atoms with Crippen molar-refractivity contribution in [2.45, 2.75) is 38.7 Å². The number of likely N-dealkylation sites (tertiary alicyclic amines) is 1. The lowest BCUT2D eigenvalue weighted by Gasteiger charge is -2.27. The second kappa shape index (κ2) is 8.60. The van der Waals surface area contributed by atoms with Crippen molar-refractivity contribution in [2.75, 3.05) is 20.1 Å². The van der Waals surface area contributed by atoms with Gasteiger partial charge in [0.2, 0.25) is 0 Å². The van der Waals surface area contributed by atoms with E-state index in [4.69, 9.17) is 4.74 Å². The summed E-state index contributed by atoms with van der Waals surface area (Å²) in [4.78, 5) is 20.3. The molecule has 26 heavy (non-hydrogen) atoms. The van der Waals surface area contributed by atoms with Gasteiger partial charge in [0.1, 0.15) is 12.8 Å². The SMILES string of the molecule is Cc1nc(CN2C[C@@H](F)C[C@H]2CN(C)C(=O)OCc2ccccc2)cs1. The number of hydrogen-bond acceptors (Lipinski definition) is 5. The summed E-state index contributed by atoms with van der Waals surface area (Å²) in [5.41, 5.74) is 1.90. The minimum Gasteiger partial charge on any atom is -0.445 e. The molecule has 3 rings (SSSR count). The maximum atomic E-state index is 14.0. The Bertz CT molecular complexity index is 725. The average Bonchev–Trinajstić information content (AvgIpc) is 3.19. The largest absolute Gasteiger partial charge is 0.445 e. The van der Waals surface area contributed by atoms with Gasteiger partial charge >= 0.3 is 6.09 Å². The Morgan fingerprint density at radius 1 is 1.42 bits per heavy atom. The molecule has 2 heterocycles. The first-order valence-corrected chi connectivity index (χ1v) is 9.60. The molecule has 0 spiro atoms. The van der Waals surface area contributed by atoms with Crippen molar-refractivity contribution in [1.82, 2.24) is 14.8 Å². The summed E-state index contributed by atoms with van der Waals surface area (Å²) in [6, 6.07) is 9.53. The second-order valence-electron chi connectivity index (χ2n) is 6.69. The molecular weight excluding hydrogens is 353 g/mol. The van der Waals surface area contributed by atoms with Crippen LogP contribution in [0, 0.1) is 6.92 Å². The second-order valence-corrected chi connectivity index (χ2v) is 7.76. The number of halogens is 1. The highest BCUT2D eigenvalue weighted by Crippen LogP contribution is 2.24. The molecule has 1 amide bonds. The van der Waals surface area contributed by atoms with Crippen LogP contribution >= 0.6 is 11.3 Å². The molecule has 2 atom stereocenters. The van der Waals surface area contributed by atoms with Gasteiger partial charge in [-0.15, -0.1) is 11.3 Å². The number of carbonyl (C=O) groups is 1. The Labute approximate surface area is 157 Å². The van der Waals surface area contributed by atoms with E-state index in [-0.39, 0.29) is 18.7 Å². The Morgan fingerprint density at radius 3 is 2.88 bits per heavy atom. The van der Waals surface area contributed by atoms with Crippen LogP contribution in [0.4, 0.5) is 9.18 Å². The van der Waals surface area contributed by atoms with E-state index in [0.717, 1.165) is 16.3 Å². The number of hydrogen-bond donors (Lipinski definition) is 0. The third-order valence-electron chi connectivity index (χ3n) is 4.51. The van der Waals surface area contributed by atoms with E-state index in [1.807, 2.05) is 42.6 Å². The molecule has 0 unspecified atom stereocenters. The smallest absolute Gasteiger partial charge is 0.409 e. The van der Waals surface area contributed by atoms with Crippen LogP contribution in [0.3, 0.4) is 0 Å². The highest BCUT2D eigenvalue weighted by Gasteiger charge is 2.34. The Balaban J connectivity index is 1.52. The van der Waals surface area contributed by atoms with E-state index in [9.17, 15) is 9.18 Å². The summed E-state index contributed by atoms with van der Waals surface area (Å²) < 4.78 is 19.3. The van der Waals surface area contributed by atoms with Gasteiger partial charge in [0.15, 0.2) is 0 Å². The van der Waals surface area contributed by atoms with Gasteiger partial charge in [0, 0.05) is 38.1 Å². The van der Waals surface area contributed by atoms with Gasteiger partial charge in [-0.2, -0.15) is 0 Å². The summed E-state index contributed by atoms with van der Waals surface area (Å²) in [5, 5.41) is 3.02. The molecule has 0 radical (unpaired) electrons. The molecule has 0 N–H and O–H groups in total. The Hall–Kier alpha value is -1.99. The van der Waals surface area contributed by atoms with Crippen LogP contribution in [0.15, 0.2) is 35.7 Å². The lowest BCUT2D eigenvalue weighted by molar-refractivity contribution is 0.0935. The van der Waals surface area contributed by atoms with Crippen molar-refractivity contribution in [1.29, 1.82) is 0 Å². The number of amides is 1. The van der Waals surface area contributed by atoms with Gasteiger partial charge in [-0.05, 0) is 18.9 Å². The molecule has 1 aliphatic rings. The van der Waals surface area contributed by atoms with Gasteiger partial charge in [0.25, 0.3) is 0 Å². The molecule has 5 nitrogen and oxygen atoms in total. The van der Waals surface area contributed by atoms with Crippen molar-refractivity contribution in [3.8, 4) is 0 Å². The summed E-state index contributed by atoms with van der Waals surface area (Å²) in [5.74, 6) is 0. The quantitative estimate of drug-likeness (QED) is 0.771. The molecule has 1 saturated heterocycles. The number of carbonyl (C=O) groups excluding carboxylic acids is 1. The van der Waals surface area contributed by atoms with Gasteiger partial charge in [-0.1, -0.05) is 30.3 Å². The molecular formula is C19H24FN3O2S. The molecule has 0 bridgehead atoms. The first kappa shape index (κ1) is 18.8. The predicted molar refractivity (Wildman–Crippen MR) is 99.8 cm³/mol. The van der Waals surface area contributed by atoms with Crippen molar-refractivity contribution in [2.24, 2.45) is 0 Å². The molecule has 7 heteroatoms. The number of rotatable bonds is 6. The van der Waals surface area contributed by atoms with Gasteiger partial charge in [0.05, 0.1) is 10.7 Å². The lowest BCUT2D eigenvalue weighted by atomic mass is 10.2. The Morgan fingerprint density at radius 2 is 2.19 bits per heavy atom. The predicted octanol–water partition coefficient (Wildman–Crippen LogP) is 3.63. The van der Waals surface area contributed by atoms with E-state index in [1.54, 1.807) is 18.4 Å². The fraction of sp³-hybridized carbons (Fsp3) is 0.474. The minimum atomic E-state index is -0.867. The molecule has 1 aromatic heterocycles. The van der Waals surface area contributed by atoms with Crippen LogP contribution in [-0.4, -0.2) is 53.2 Å². The zero-order valence-corrected chi connectivity index (χ0v) is 15.9. The van der Waals surface area contributed by atoms with E-state index in [2.05, 4.69) is 9.88 Å². The van der Waals surface area contributed by atoms with Crippen LogP contribution in [0.5, 0.6) is 0 Å². The normalized spacial score (nSPS) is 20.3. The summed E-state index contributed by atoms with van der Waals surface area (Å²) in [7, 11) is 1.70. The van der Waals surface area contributed by atoms with Crippen LogP contribution < -0.4 is 0 Å². The summed E-state index contributed by atoms with van der Waals surface area (Å²) in [6.07, 6.45) is -0.825. The highest BCUT2D eigenvalue weighted by molar-refractivity contribution is 7.09. The van der Waals surface area contributed by atoms with Gasteiger partial charge in [-0.25, -0.2) is 14.2 Å². The summed E-state index contributed by atoms with van der Waals surface area (Å²) >= 11 is 1.60. The molecule has 1 aromatic carbocycles. The number of nitrogens with zero attached hydrogens (tertiary/aromatic N) is 3. The molecule has 2 aromatic rings. The van der Waals surface area contributed by atoms with Crippen molar-refractivity contribution in [3.63, 3.8) is 0 Å². The van der Waals surface area contributed by atoms with Crippen molar-refractivity contribution >= 4 is 17.4 Å². The molecule has 1 aliphatic heterocycles. The van der Waals surface area contributed by atoms with Crippen LogP contribution in [0.25, 0.3) is 0 Å². The lowest BCUT2D eigenvalue weighted by Crippen LogP contribution is -2.41. The maximum absolute atomic E-state index is 14.0. The maximum Gasteiger partial charge on any atom is 0.409 e. The standard InChI is InChI=1S/C19H24FN3O2S/c1-14-21-17(13-26-14)10-23-9-16(20)8-18(23)11-22(2)19(24)25-12-15-6-4-3-5-7-15/h3-7,13,16,18H,8-12H2,1-2H3/t16-,18-/m0/s1. The van der Waals surface area contributed by atoms with E-state index < -0.39 is 6.17 Å². The first-order chi connectivity index (χ1) is 12.5. The number of thiazole rings is 1. The third-order valence-corrected chi connectivity index (χ3v) is 5.33. The number of aryl methyl sites for hydroxylation is 1. The zero-order valence-electron chi connectivity index (χ0n) is 15.1. The van der Waals surface area contributed by atoms with Crippen molar-refractivity contribution < 1.29 is 13.9 Å². The number of aromatic nitrogens is 1. The zero-order chi connectivity index (χ0) is 18.5. The molecule has 1 fully saturated rings. The van der Waals surface area contributed by atoms with Gasteiger partial charge < -0.3 is 9.64 Å². The van der Waals surface area contributed by atoms with Crippen LogP contribution in [0.2, 0.25) is 0 Å². The molecule has 140 valence electrons. The number of benzene rings is 1. The molecule has 0 aliphatic carbocycles.